The second kappa shape index (κ2) is 6.68. The Morgan fingerprint density at radius 3 is 2.63 bits per heavy atom. The lowest BCUT2D eigenvalue weighted by Gasteiger charge is -2.33. The fourth-order valence-corrected chi connectivity index (χ4v) is 2.21. The second-order valence-electron chi connectivity index (χ2n) is 4.86. The van der Waals surface area contributed by atoms with Crippen molar-refractivity contribution >= 4 is 5.91 Å². The van der Waals surface area contributed by atoms with Gasteiger partial charge in [0.15, 0.2) is 0 Å². The lowest BCUT2D eigenvalue weighted by Crippen LogP contribution is -2.48. The molecule has 1 aliphatic heterocycles. The first-order valence-electron chi connectivity index (χ1n) is 6.85. The molecule has 1 fully saturated rings. The minimum Gasteiger partial charge on any atom is -0.351 e. The highest BCUT2D eigenvalue weighted by molar-refractivity contribution is 5.91. The molecular weight excluding hydrogens is 244 g/mol. The van der Waals surface area contributed by atoms with Crippen molar-refractivity contribution < 1.29 is 9.32 Å². The number of rotatable bonds is 5. The van der Waals surface area contributed by atoms with E-state index in [2.05, 4.69) is 27.2 Å². The van der Waals surface area contributed by atoms with E-state index in [-0.39, 0.29) is 11.7 Å². The lowest BCUT2D eigenvalue weighted by molar-refractivity contribution is 0.0901. The molecule has 0 saturated carbocycles. The molecule has 0 atom stereocenters. The second-order valence-corrected chi connectivity index (χ2v) is 4.86. The molecule has 1 aliphatic rings. The van der Waals surface area contributed by atoms with E-state index >= 15 is 0 Å². The van der Waals surface area contributed by atoms with E-state index in [9.17, 15) is 4.79 Å². The summed E-state index contributed by atoms with van der Waals surface area (Å²) in [5, 5.41) is 6.56. The Kier molecular flexibility index (Phi) is 4.93. The first kappa shape index (κ1) is 14.0. The molecule has 0 radical (unpaired) electrons. The predicted octanol–water partition coefficient (Wildman–Crippen LogP) is 0.350. The van der Waals surface area contributed by atoms with Gasteiger partial charge in [-0.1, -0.05) is 12.1 Å². The minimum absolute atomic E-state index is 0.187. The third-order valence-electron chi connectivity index (χ3n) is 3.48. The summed E-state index contributed by atoms with van der Waals surface area (Å²) in [5.41, 5.74) is 0.723. The maximum absolute atomic E-state index is 11.7. The molecule has 6 nitrogen and oxygen atoms in total. The van der Waals surface area contributed by atoms with Gasteiger partial charge in [0.25, 0.3) is 5.91 Å². The van der Waals surface area contributed by atoms with Crippen molar-refractivity contribution in [3.63, 3.8) is 0 Å². The van der Waals surface area contributed by atoms with E-state index in [1.807, 2.05) is 0 Å². The summed E-state index contributed by atoms with van der Waals surface area (Å²) in [7, 11) is 0. The smallest absolute Gasteiger partial charge is 0.289 e. The van der Waals surface area contributed by atoms with Gasteiger partial charge >= 0.3 is 0 Å². The fourth-order valence-electron chi connectivity index (χ4n) is 2.21. The van der Waals surface area contributed by atoms with Crippen LogP contribution in [0.3, 0.4) is 0 Å². The van der Waals surface area contributed by atoms with E-state index < -0.39 is 0 Å². The van der Waals surface area contributed by atoms with Gasteiger partial charge in [0.05, 0.1) is 5.69 Å². The van der Waals surface area contributed by atoms with Crippen LogP contribution >= 0.6 is 0 Å². The molecule has 0 aliphatic carbocycles. The fraction of sp³-hybridized carbons (Fsp3) is 0.692. The largest absolute Gasteiger partial charge is 0.351 e. The first-order chi connectivity index (χ1) is 9.19. The van der Waals surface area contributed by atoms with Crippen LogP contribution in [0.25, 0.3) is 0 Å². The summed E-state index contributed by atoms with van der Waals surface area (Å²) in [4.78, 5) is 16.5. The van der Waals surface area contributed by atoms with Crippen molar-refractivity contribution in [1.82, 2.24) is 20.3 Å². The van der Waals surface area contributed by atoms with Gasteiger partial charge in [-0.2, -0.15) is 0 Å². The molecule has 0 spiro atoms. The van der Waals surface area contributed by atoms with Crippen molar-refractivity contribution in [3.05, 3.63) is 17.5 Å². The first-order valence-corrected chi connectivity index (χ1v) is 6.85. The number of carbonyl (C=O) groups excluding carboxylic acids is 1. The number of hydrogen-bond acceptors (Lipinski definition) is 5. The molecule has 2 heterocycles. The summed E-state index contributed by atoms with van der Waals surface area (Å²) in [6.07, 6.45) is 0. The van der Waals surface area contributed by atoms with Crippen LogP contribution < -0.4 is 5.32 Å². The Morgan fingerprint density at radius 1 is 1.37 bits per heavy atom. The molecule has 1 N–H and O–H groups in total. The highest BCUT2D eigenvalue weighted by Crippen LogP contribution is 2.02. The Labute approximate surface area is 113 Å². The quantitative estimate of drug-likeness (QED) is 0.833. The van der Waals surface area contributed by atoms with Gasteiger partial charge < -0.3 is 14.7 Å². The third kappa shape index (κ3) is 4.04. The van der Waals surface area contributed by atoms with Crippen LogP contribution in [0.5, 0.6) is 0 Å². The van der Waals surface area contributed by atoms with Gasteiger partial charge in [-0.15, -0.1) is 0 Å². The summed E-state index contributed by atoms with van der Waals surface area (Å²) in [5.74, 6) is 0.0982. The number of hydrogen-bond donors (Lipinski definition) is 1. The molecule has 1 amide bonds. The Bertz CT molecular complexity index is 411. The highest BCUT2D eigenvalue weighted by atomic mass is 16.5. The summed E-state index contributed by atoms with van der Waals surface area (Å²) >= 11 is 0. The van der Waals surface area contributed by atoms with Crippen LogP contribution in [0.2, 0.25) is 0 Å². The minimum atomic E-state index is -0.187. The number of piperazine rings is 1. The zero-order chi connectivity index (χ0) is 13.7. The third-order valence-corrected chi connectivity index (χ3v) is 3.48. The Hall–Kier alpha value is -1.40. The van der Waals surface area contributed by atoms with Gasteiger partial charge in [-0.05, 0) is 13.5 Å². The number of aromatic nitrogens is 1. The van der Waals surface area contributed by atoms with E-state index in [1.54, 1.807) is 13.0 Å². The van der Waals surface area contributed by atoms with Gasteiger partial charge in [-0.25, -0.2) is 0 Å². The number of nitrogens with zero attached hydrogens (tertiary/aromatic N) is 3. The van der Waals surface area contributed by atoms with Crippen LogP contribution in [0.15, 0.2) is 10.6 Å². The Balaban J connectivity index is 1.65. The zero-order valence-electron chi connectivity index (χ0n) is 11.7. The van der Waals surface area contributed by atoms with E-state index in [4.69, 9.17) is 4.52 Å². The summed E-state index contributed by atoms with van der Waals surface area (Å²) in [6.45, 7) is 11.0. The predicted molar refractivity (Wildman–Crippen MR) is 72.1 cm³/mol. The normalized spacial score (nSPS) is 17.6. The molecule has 1 aromatic rings. The van der Waals surface area contributed by atoms with Gasteiger partial charge in [-0.3, -0.25) is 9.69 Å². The zero-order valence-corrected chi connectivity index (χ0v) is 11.7. The standard InChI is InChI=1S/C13H22N4O2/c1-3-16-6-8-17(9-7-16)5-4-14-13(18)12-10-11(2)15-19-12/h10H,3-9H2,1-2H3,(H,14,18). The van der Waals surface area contributed by atoms with E-state index in [1.165, 1.54) is 0 Å². The van der Waals surface area contributed by atoms with Crippen LogP contribution in [0, 0.1) is 6.92 Å². The average Bonchev–Trinajstić information content (AvgIpc) is 2.86. The lowest BCUT2D eigenvalue weighted by atomic mass is 10.3. The maximum Gasteiger partial charge on any atom is 0.289 e. The van der Waals surface area contributed by atoms with Crippen molar-refractivity contribution in [3.8, 4) is 0 Å². The number of aryl methyl sites for hydroxylation is 1. The molecule has 6 heteroatoms. The number of amides is 1. The van der Waals surface area contributed by atoms with Crippen LogP contribution in [0.4, 0.5) is 0 Å². The highest BCUT2D eigenvalue weighted by Gasteiger charge is 2.16. The molecule has 0 unspecified atom stereocenters. The van der Waals surface area contributed by atoms with Crippen molar-refractivity contribution in [2.75, 3.05) is 45.8 Å². The molecule has 19 heavy (non-hydrogen) atoms. The summed E-state index contributed by atoms with van der Waals surface area (Å²) in [6, 6.07) is 1.65. The molecular formula is C13H22N4O2. The van der Waals surface area contributed by atoms with Crippen molar-refractivity contribution in [1.29, 1.82) is 0 Å². The van der Waals surface area contributed by atoms with Gasteiger partial charge in [0.1, 0.15) is 0 Å². The molecule has 2 rings (SSSR count). The molecule has 0 bridgehead atoms. The summed E-state index contributed by atoms with van der Waals surface area (Å²) < 4.78 is 4.91. The van der Waals surface area contributed by atoms with Gasteiger partial charge in [0.2, 0.25) is 5.76 Å². The Morgan fingerprint density at radius 2 is 2.05 bits per heavy atom. The monoisotopic (exact) mass is 266 g/mol. The number of nitrogens with one attached hydrogen (secondary N) is 1. The molecule has 1 aromatic heterocycles. The number of carbonyl (C=O) groups is 1. The number of likely N-dealkylation sites (N-methyl/N-ethyl adjacent to an activating group) is 1. The van der Waals surface area contributed by atoms with Gasteiger partial charge in [0, 0.05) is 45.3 Å². The SMILES string of the molecule is CCN1CCN(CCNC(=O)c2cc(C)no2)CC1. The molecule has 1 saturated heterocycles. The average molecular weight is 266 g/mol. The van der Waals surface area contributed by atoms with Crippen LogP contribution in [-0.4, -0.2) is 66.7 Å². The van der Waals surface area contributed by atoms with Crippen LogP contribution in [0.1, 0.15) is 23.2 Å². The maximum atomic E-state index is 11.7. The van der Waals surface area contributed by atoms with E-state index in [0.717, 1.165) is 45.0 Å². The van der Waals surface area contributed by atoms with Crippen LogP contribution in [-0.2, 0) is 0 Å². The topological polar surface area (TPSA) is 61.6 Å². The molecule has 0 aromatic carbocycles. The molecule has 106 valence electrons. The van der Waals surface area contributed by atoms with E-state index in [0.29, 0.717) is 6.54 Å². The van der Waals surface area contributed by atoms with Crippen molar-refractivity contribution in [2.24, 2.45) is 0 Å². The van der Waals surface area contributed by atoms with Crippen molar-refractivity contribution in [2.45, 2.75) is 13.8 Å².